The minimum Gasteiger partial charge on any atom is -0.324 e. The van der Waals surface area contributed by atoms with Crippen LogP contribution < -0.4 is 5.73 Å². The van der Waals surface area contributed by atoms with Crippen molar-refractivity contribution in [3.8, 4) is 0 Å². The molecule has 0 unspecified atom stereocenters. The molecule has 2 N–H and O–H groups in total. The van der Waals surface area contributed by atoms with Gasteiger partial charge in [0.15, 0.2) is 0 Å². The Bertz CT molecular complexity index is 52.0. The summed E-state index contributed by atoms with van der Waals surface area (Å²) in [5.74, 6) is 0.120. The first kappa shape index (κ1) is 15.7. The summed E-state index contributed by atoms with van der Waals surface area (Å²) in [7, 11) is 0. The number of nitrogens with two attached hydrogens (primary N) is 1. The first-order valence-electron chi connectivity index (χ1n) is 2.03. The summed E-state index contributed by atoms with van der Waals surface area (Å²) in [6.07, 6.45) is 0.566. The van der Waals surface area contributed by atoms with Crippen molar-refractivity contribution >= 4 is 30.6 Å². The molecule has 0 aliphatic carbocycles. The molecule has 0 saturated heterocycles. The normalized spacial score (nSPS) is 6.25. The van der Waals surface area contributed by atoms with E-state index < -0.39 is 0 Å². The minimum absolute atomic E-state index is 0. The summed E-state index contributed by atoms with van der Waals surface area (Å²) < 4.78 is 0. The smallest absolute Gasteiger partial charge is 0.146 e. The second kappa shape index (κ2) is 10.2. The summed E-state index contributed by atoms with van der Waals surface area (Å²) in [5, 5.41) is 0. The molecule has 0 spiro atoms. The average molecular weight is 160 g/mol. The summed E-state index contributed by atoms with van der Waals surface area (Å²) in [5.41, 5.74) is 4.93. The molecule has 0 heterocycles. The van der Waals surface area contributed by atoms with Gasteiger partial charge < -0.3 is 5.73 Å². The Labute approximate surface area is 61.6 Å². The molecule has 52 valence electrons. The van der Waals surface area contributed by atoms with Crippen molar-refractivity contribution < 1.29 is 4.79 Å². The number of ketones is 1. The SMILES string of the molecule is CCC(=O)CN.Cl.Cl. The van der Waals surface area contributed by atoms with E-state index in [9.17, 15) is 4.79 Å². The van der Waals surface area contributed by atoms with Crippen molar-refractivity contribution in [3.63, 3.8) is 0 Å². The van der Waals surface area contributed by atoms with Crippen LogP contribution in [-0.2, 0) is 4.79 Å². The van der Waals surface area contributed by atoms with E-state index in [1.165, 1.54) is 0 Å². The van der Waals surface area contributed by atoms with Gasteiger partial charge in [-0.25, -0.2) is 0 Å². The second-order valence-electron chi connectivity index (χ2n) is 1.10. The Morgan fingerprint density at radius 2 is 1.88 bits per heavy atom. The summed E-state index contributed by atoms with van der Waals surface area (Å²) in [6, 6.07) is 0. The molecule has 0 aliphatic heterocycles. The van der Waals surface area contributed by atoms with Crippen molar-refractivity contribution in [2.45, 2.75) is 13.3 Å². The molecule has 2 nitrogen and oxygen atoms in total. The highest BCUT2D eigenvalue weighted by atomic mass is 35.5. The fourth-order valence-corrected chi connectivity index (χ4v) is 0.144. The van der Waals surface area contributed by atoms with E-state index in [1.807, 2.05) is 0 Å². The first-order chi connectivity index (χ1) is 2.81. The van der Waals surface area contributed by atoms with Gasteiger partial charge in [0.1, 0.15) is 5.78 Å². The van der Waals surface area contributed by atoms with Crippen LogP contribution in [0.5, 0.6) is 0 Å². The van der Waals surface area contributed by atoms with E-state index in [2.05, 4.69) is 0 Å². The molecule has 0 rings (SSSR count). The van der Waals surface area contributed by atoms with Crippen LogP contribution >= 0.6 is 24.8 Å². The van der Waals surface area contributed by atoms with Crippen LogP contribution in [0.3, 0.4) is 0 Å². The van der Waals surface area contributed by atoms with Gasteiger partial charge in [-0.2, -0.15) is 0 Å². The van der Waals surface area contributed by atoms with Crippen LogP contribution in [0.4, 0.5) is 0 Å². The van der Waals surface area contributed by atoms with Gasteiger partial charge in [0.05, 0.1) is 6.54 Å². The lowest BCUT2D eigenvalue weighted by molar-refractivity contribution is -0.117. The van der Waals surface area contributed by atoms with E-state index in [1.54, 1.807) is 6.92 Å². The fourth-order valence-electron chi connectivity index (χ4n) is 0.144. The van der Waals surface area contributed by atoms with Gasteiger partial charge in [0.2, 0.25) is 0 Å². The van der Waals surface area contributed by atoms with Crippen molar-refractivity contribution in [2.24, 2.45) is 5.73 Å². The largest absolute Gasteiger partial charge is 0.324 e. The van der Waals surface area contributed by atoms with Crippen LogP contribution in [0.2, 0.25) is 0 Å². The zero-order chi connectivity index (χ0) is 4.99. The molecule has 0 amide bonds. The number of carbonyl (C=O) groups is 1. The predicted octanol–water partition coefficient (Wildman–Crippen LogP) is 0.768. The third kappa shape index (κ3) is 9.51. The lowest BCUT2D eigenvalue weighted by Crippen LogP contribution is -2.11. The van der Waals surface area contributed by atoms with Crippen molar-refractivity contribution in [1.82, 2.24) is 0 Å². The summed E-state index contributed by atoms with van der Waals surface area (Å²) in [6.45, 7) is 1.99. The highest BCUT2D eigenvalue weighted by Crippen LogP contribution is 1.71. The fraction of sp³-hybridized carbons (Fsp3) is 0.750. The Balaban J connectivity index is -0.000000125. The lowest BCUT2D eigenvalue weighted by Gasteiger charge is -1.82. The van der Waals surface area contributed by atoms with Crippen LogP contribution in [0, 0.1) is 0 Å². The van der Waals surface area contributed by atoms with Crippen LogP contribution in [0.25, 0.3) is 0 Å². The zero-order valence-corrected chi connectivity index (χ0v) is 6.35. The maximum absolute atomic E-state index is 10.1. The molecular formula is C4H11Cl2NO. The maximum Gasteiger partial charge on any atom is 0.146 e. The Hall–Kier alpha value is 0.210. The molecule has 0 saturated carbocycles. The highest BCUT2D eigenvalue weighted by molar-refractivity contribution is 5.85. The van der Waals surface area contributed by atoms with Crippen molar-refractivity contribution in [1.29, 1.82) is 0 Å². The highest BCUT2D eigenvalue weighted by Gasteiger charge is 1.87. The number of Topliss-reactive ketones (excluding diaryl/α,β-unsaturated/α-hetero) is 1. The molecule has 0 radical (unpaired) electrons. The number of carbonyl (C=O) groups excluding carboxylic acids is 1. The zero-order valence-electron chi connectivity index (χ0n) is 4.72. The van der Waals surface area contributed by atoms with Crippen molar-refractivity contribution in [3.05, 3.63) is 0 Å². The predicted molar refractivity (Wildman–Crippen MR) is 38.8 cm³/mol. The Morgan fingerprint density at radius 3 is 1.88 bits per heavy atom. The molecule has 0 aromatic rings. The summed E-state index contributed by atoms with van der Waals surface area (Å²) >= 11 is 0. The topological polar surface area (TPSA) is 43.1 Å². The van der Waals surface area contributed by atoms with Gasteiger partial charge in [-0.1, -0.05) is 6.92 Å². The third-order valence-corrected chi connectivity index (χ3v) is 0.622. The van der Waals surface area contributed by atoms with Gasteiger partial charge >= 0.3 is 0 Å². The second-order valence-corrected chi connectivity index (χ2v) is 1.10. The Morgan fingerprint density at radius 1 is 1.50 bits per heavy atom. The van der Waals surface area contributed by atoms with Crippen LogP contribution in [-0.4, -0.2) is 12.3 Å². The molecule has 0 aromatic carbocycles. The van der Waals surface area contributed by atoms with Gasteiger partial charge in [0, 0.05) is 6.42 Å². The lowest BCUT2D eigenvalue weighted by atomic mass is 10.3. The third-order valence-electron chi connectivity index (χ3n) is 0.622. The minimum atomic E-state index is 0. The standard InChI is InChI=1S/C4H9NO.2ClH/c1-2-4(6)3-5;;/h2-3,5H2,1H3;2*1H. The van der Waals surface area contributed by atoms with E-state index in [0.717, 1.165) is 0 Å². The van der Waals surface area contributed by atoms with Gasteiger partial charge in [0.25, 0.3) is 0 Å². The van der Waals surface area contributed by atoms with E-state index in [-0.39, 0.29) is 37.1 Å². The molecule has 0 aliphatic rings. The maximum atomic E-state index is 10.1. The van der Waals surface area contributed by atoms with Crippen molar-refractivity contribution in [2.75, 3.05) is 6.54 Å². The molecule has 0 bridgehead atoms. The monoisotopic (exact) mass is 159 g/mol. The van der Waals surface area contributed by atoms with Gasteiger partial charge in [-0.15, -0.1) is 24.8 Å². The number of hydrogen-bond donors (Lipinski definition) is 1. The summed E-state index contributed by atoms with van der Waals surface area (Å²) in [4.78, 5) is 10.1. The van der Waals surface area contributed by atoms with Gasteiger partial charge in [-0.05, 0) is 0 Å². The molecule has 8 heavy (non-hydrogen) atoms. The van der Waals surface area contributed by atoms with E-state index >= 15 is 0 Å². The molecule has 0 fully saturated rings. The average Bonchev–Trinajstić information content (AvgIpc) is 1.65. The molecule has 0 aromatic heterocycles. The number of hydrogen-bond acceptors (Lipinski definition) is 2. The van der Waals surface area contributed by atoms with E-state index in [0.29, 0.717) is 6.42 Å². The quantitative estimate of drug-likeness (QED) is 0.648. The Kier molecular flexibility index (Phi) is 20.1. The van der Waals surface area contributed by atoms with Gasteiger partial charge in [-0.3, -0.25) is 4.79 Å². The first-order valence-corrected chi connectivity index (χ1v) is 2.03. The number of halogens is 2. The van der Waals surface area contributed by atoms with Crippen LogP contribution in [0.1, 0.15) is 13.3 Å². The van der Waals surface area contributed by atoms with Crippen LogP contribution in [0.15, 0.2) is 0 Å². The van der Waals surface area contributed by atoms with E-state index in [4.69, 9.17) is 5.73 Å². The molecule has 4 heteroatoms. The molecule has 0 atom stereocenters. The molecular weight excluding hydrogens is 149 g/mol. The number of rotatable bonds is 2.